The van der Waals surface area contributed by atoms with Gasteiger partial charge >= 0.3 is 0 Å². The normalized spacial score (nSPS) is 38.2. The van der Waals surface area contributed by atoms with Gasteiger partial charge in [-0.3, -0.25) is 0 Å². The van der Waals surface area contributed by atoms with Crippen molar-refractivity contribution in [2.75, 3.05) is 12.9 Å². The van der Waals surface area contributed by atoms with Gasteiger partial charge in [-0.25, -0.2) is 0 Å². The molecule has 2 atom stereocenters. The molecule has 0 unspecified atom stereocenters. The fourth-order valence-electron chi connectivity index (χ4n) is 1.02. The Morgan fingerprint density at radius 3 is 2.62 bits per heavy atom. The van der Waals surface area contributed by atoms with E-state index in [1.54, 1.807) is 7.11 Å². The minimum Gasteiger partial charge on any atom is -0.380 e. The van der Waals surface area contributed by atoms with Crippen LogP contribution in [0, 0.1) is 0 Å². The third-order valence-electron chi connectivity index (χ3n) is 1.61. The van der Waals surface area contributed by atoms with Crippen LogP contribution in [0.25, 0.3) is 0 Å². The zero-order valence-electron chi connectivity index (χ0n) is 5.39. The smallest absolute Gasteiger partial charge is 0.0695 e. The predicted molar refractivity (Wildman–Crippen MR) is 37.3 cm³/mol. The maximum absolute atomic E-state index is 5.20. The van der Waals surface area contributed by atoms with E-state index in [9.17, 15) is 0 Å². The molecule has 1 aliphatic heterocycles. The number of thioether (sulfide) groups is 1. The van der Waals surface area contributed by atoms with Crippen LogP contribution in [0.15, 0.2) is 0 Å². The first-order valence-electron chi connectivity index (χ1n) is 2.99. The van der Waals surface area contributed by atoms with Gasteiger partial charge in [0.1, 0.15) is 0 Å². The van der Waals surface area contributed by atoms with E-state index >= 15 is 0 Å². The highest BCUT2D eigenvalue weighted by Crippen LogP contribution is 2.27. The summed E-state index contributed by atoms with van der Waals surface area (Å²) in [5.74, 6) is 1.28. The van der Waals surface area contributed by atoms with Crippen molar-refractivity contribution in [1.82, 2.24) is 0 Å². The summed E-state index contributed by atoms with van der Waals surface area (Å²) < 4.78 is 5.20. The molecule has 0 spiro atoms. The van der Waals surface area contributed by atoms with E-state index in [4.69, 9.17) is 4.74 Å². The number of hydrogen-bond acceptors (Lipinski definition) is 2. The van der Waals surface area contributed by atoms with Crippen molar-refractivity contribution < 1.29 is 4.74 Å². The molecule has 1 fully saturated rings. The molecule has 0 aromatic heterocycles. The Hall–Kier alpha value is 0.310. The lowest BCUT2D eigenvalue weighted by Gasteiger charge is -2.10. The van der Waals surface area contributed by atoms with Crippen molar-refractivity contribution in [2.24, 2.45) is 0 Å². The summed E-state index contributed by atoms with van der Waals surface area (Å²) in [6.45, 7) is 2.23. The third kappa shape index (κ3) is 1.17. The Bertz CT molecular complexity index is 74.9. The minimum atomic E-state index is 0.528. The molecule has 0 amide bonds. The summed E-state index contributed by atoms with van der Waals surface area (Å²) >= 11 is 2.00. The van der Waals surface area contributed by atoms with Crippen LogP contribution in [-0.2, 0) is 4.74 Å². The standard InChI is InChI=1S/C6H12OS/c1-5-6(7-2)3-4-8-5/h5-6H,3-4H2,1-2H3/t5-,6-/m0/s1. The zero-order chi connectivity index (χ0) is 5.98. The number of rotatable bonds is 1. The zero-order valence-corrected chi connectivity index (χ0v) is 6.20. The maximum Gasteiger partial charge on any atom is 0.0695 e. The van der Waals surface area contributed by atoms with Gasteiger partial charge in [-0.2, -0.15) is 11.8 Å². The molecule has 1 rings (SSSR count). The third-order valence-corrected chi connectivity index (χ3v) is 2.91. The van der Waals surface area contributed by atoms with Gasteiger partial charge in [-0.05, 0) is 12.2 Å². The fourth-order valence-corrected chi connectivity index (χ4v) is 2.22. The average Bonchev–Trinajstić information content (AvgIpc) is 2.14. The van der Waals surface area contributed by atoms with E-state index in [0.29, 0.717) is 6.10 Å². The van der Waals surface area contributed by atoms with Gasteiger partial charge in [-0.15, -0.1) is 0 Å². The summed E-state index contributed by atoms with van der Waals surface area (Å²) in [6, 6.07) is 0. The first-order valence-corrected chi connectivity index (χ1v) is 4.04. The van der Waals surface area contributed by atoms with Crippen molar-refractivity contribution in [2.45, 2.75) is 24.7 Å². The van der Waals surface area contributed by atoms with Crippen molar-refractivity contribution in [1.29, 1.82) is 0 Å². The van der Waals surface area contributed by atoms with E-state index in [2.05, 4.69) is 6.92 Å². The Morgan fingerprint density at radius 2 is 2.38 bits per heavy atom. The molecule has 0 N–H and O–H groups in total. The topological polar surface area (TPSA) is 9.23 Å². The van der Waals surface area contributed by atoms with Crippen LogP contribution in [0.5, 0.6) is 0 Å². The highest BCUT2D eigenvalue weighted by molar-refractivity contribution is 8.00. The van der Waals surface area contributed by atoms with Crippen molar-refractivity contribution in [3.05, 3.63) is 0 Å². The van der Waals surface area contributed by atoms with Gasteiger partial charge in [-0.1, -0.05) is 6.92 Å². The molecule has 1 nitrogen and oxygen atoms in total. The van der Waals surface area contributed by atoms with Crippen LogP contribution in [0.1, 0.15) is 13.3 Å². The molecular weight excluding hydrogens is 120 g/mol. The van der Waals surface area contributed by atoms with Crippen LogP contribution >= 0.6 is 11.8 Å². The largest absolute Gasteiger partial charge is 0.380 e. The van der Waals surface area contributed by atoms with Crippen LogP contribution in [-0.4, -0.2) is 24.2 Å². The molecule has 0 aromatic carbocycles. The Labute approximate surface area is 54.8 Å². The van der Waals surface area contributed by atoms with Crippen LogP contribution in [0.4, 0.5) is 0 Å². The number of hydrogen-bond donors (Lipinski definition) is 0. The quantitative estimate of drug-likeness (QED) is 0.535. The highest BCUT2D eigenvalue weighted by Gasteiger charge is 2.22. The molecule has 1 heterocycles. The lowest BCUT2D eigenvalue weighted by molar-refractivity contribution is 0.107. The van der Waals surface area contributed by atoms with E-state index in [-0.39, 0.29) is 0 Å². The summed E-state index contributed by atoms with van der Waals surface area (Å²) in [4.78, 5) is 0. The molecule has 1 saturated heterocycles. The average molecular weight is 132 g/mol. The monoisotopic (exact) mass is 132 g/mol. The van der Waals surface area contributed by atoms with E-state index in [1.165, 1.54) is 12.2 Å². The molecule has 0 radical (unpaired) electrons. The molecule has 2 heteroatoms. The second-order valence-electron chi connectivity index (χ2n) is 2.14. The number of methoxy groups -OCH3 is 1. The van der Waals surface area contributed by atoms with Gasteiger partial charge in [0.25, 0.3) is 0 Å². The van der Waals surface area contributed by atoms with Crippen LogP contribution < -0.4 is 0 Å². The van der Waals surface area contributed by atoms with Gasteiger partial charge < -0.3 is 4.74 Å². The lowest BCUT2D eigenvalue weighted by Crippen LogP contribution is -2.15. The summed E-state index contributed by atoms with van der Waals surface area (Å²) in [5, 5.41) is 0.722. The van der Waals surface area contributed by atoms with E-state index < -0.39 is 0 Å². The molecule has 0 aliphatic carbocycles. The van der Waals surface area contributed by atoms with Crippen LogP contribution in [0.3, 0.4) is 0 Å². The van der Waals surface area contributed by atoms with Gasteiger partial charge in [0.05, 0.1) is 6.10 Å². The fraction of sp³-hybridized carbons (Fsp3) is 1.00. The molecule has 0 saturated carbocycles. The summed E-state index contributed by atoms with van der Waals surface area (Å²) in [6.07, 6.45) is 1.77. The lowest BCUT2D eigenvalue weighted by atomic mass is 10.2. The second-order valence-corrected chi connectivity index (χ2v) is 3.62. The van der Waals surface area contributed by atoms with Gasteiger partial charge in [0.15, 0.2) is 0 Å². The molecule has 8 heavy (non-hydrogen) atoms. The summed E-state index contributed by atoms with van der Waals surface area (Å²) in [5.41, 5.74) is 0. The second kappa shape index (κ2) is 2.74. The van der Waals surface area contributed by atoms with E-state index in [0.717, 1.165) is 5.25 Å². The number of ether oxygens (including phenoxy) is 1. The molecule has 0 bridgehead atoms. The van der Waals surface area contributed by atoms with Crippen molar-refractivity contribution >= 4 is 11.8 Å². The SMILES string of the molecule is CO[C@H]1CCS[C@H]1C. The molecule has 48 valence electrons. The first-order chi connectivity index (χ1) is 3.84. The molecular formula is C6H12OS. The minimum absolute atomic E-state index is 0.528. The Balaban J connectivity index is 2.30. The molecule has 0 aromatic rings. The molecule has 1 aliphatic rings. The summed E-state index contributed by atoms with van der Waals surface area (Å²) in [7, 11) is 1.80. The predicted octanol–water partition coefficient (Wildman–Crippen LogP) is 1.53. The highest BCUT2D eigenvalue weighted by atomic mass is 32.2. The maximum atomic E-state index is 5.20. The van der Waals surface area contributed by atoms with Gasteiger partial charge in [0.2, 0.25) is 0 Å². The van der Waals surface area contributed by atoms with Crippen molar-refractivity contribution in [3.63, 3.8) is 0 Å². The Morgan fingerprint density at radius 1 is 1.62 bits per heavy atom. The van der Waals surface area contributed by atoms with Crippen LogP contribution in [0.2, 0.25) is 0 Å². The first kappa shape index (κ1) is 6.43. The Kier molecular flexibility index (Phi) is 2.20. The van der Waals surface area contributed by atoms with Crippen molar-refractivity contribution in [3.8, 4) is 0 Å². The van der Waals surface area contributed by atoms with Gasteiger partial charge in [0, 0.05) is 12.4 Å². The van der Waals surface area contributed by atoms with E-state index in [1.807, 2.05) is 11.8 Å².